The summed E-state index contributed by atoms with van der Waals surface area (Å²) in [6.45, 7) is 3.57. The van der Waals surface area contributed by atoms with Gasteiger partial charge in [0.15, 0.2) is 5.76 Å². The third-order valence-corrected chi connectivity index (χ3v) is 1.79. The third-order valence-electron chi connectivity index (χ3n) is 1.79. The summed E-state index contributed by atoms with van der Waals surface area (Å²) in [6.07, 6.45) is 2.06. The number of nitrogens with zero attached hydrogens (tertiary/aromatic N) is 1. The minimum Gasteiger partial charge on any atom is -0.359 e. The van der Waals surface area contributed by atoms with E-state index in [1.54, 1.807) is 6.92 Å². The predicted octanol–water partition coefficient (Wildman–Crippen LogP) is 0.659. The Labute approximate surface area is 76.3 Å². The van der Waals surface area contributed by atoms with Gasteiger partial charge in [-0.25, -0.2) is 0 Å². The molecule has 0 bridgehead atoms. The molecule has 1 atom stereocenters. The van der Waals surface area contributed by atoms with E-state index in [-0.39, 0.29) is 5.91 Å². The Bertz CT molecular complexity index is 295. The van der Waals surface area contributed by atoms with Crippen molar-refractivity contribution < 1.29 is 9.32 Å². The molecule has 1 aromatic rings. The highest BCUT2D eigenvalue weighted by molar-refractivity contribution is 5.94. The van der Waals surface area contributed by atoms with Gasteiger partial charge in [0.2, 0.25) is 5.91 Å². The molecule has 1 rings (SSSR count). The van der Waals surface area contributed by atoms with Gasteiger partial charge in [0.25, 0.3) is 0 Å². The van der Waals surface area contributed by atoms with Gasteiger partial charge in [-0.15, -0.1) is 0 Å². The molecule has 0 saturated carbocycles. The van der Waals surface area contributed by atoms with E-state index in [1.807, 2.05) is 6.92 Å². The molecule has 3 N–H and O–H groups in total. The fourth-order valence-corrected chi connectivity index (χ4v) is 0.829. The van der Waals surface area contributed by atoms with Crippen molar-refractivity contribution in [2.45, 2.75) is 26.3 Å². The van der Waals surface area contributed by atoms with E-state index in [0.717, 1.165) is 0 Å². The monoisotopic (exact) mass is 183 g/mol. The number of carbonyl (C=O) groups excluding carboxylic acids is 1. The summed E-state index contributed by atoms with van der Waals surface area (Å²) in [4.78, 5) is 11.3. The highest BCUT2D eigenvalue weighted by Gasteiger charge is 2.13. The number of rotatable bonds is 3. The van der Waals surface area contributed by atoms with Crippen molar-refractivity contribution in [3.63, 3.8) is 0 Å². The second-order valence-electron chi connectivity index (χ2n) is 2.80. The molecule has 0 spiro atoms. The van der Waals surface area contributed by atoms with E-state index in [4.69, 9.17) is 10.3 Å². The molecular formula is C8H13N3O2. The van der Waals surface area contributed by atoms with Crippen LogP contribution in [0.3, 0.4) is 0 Å². The molecular weight excluding hydrogens is 170 g/mol. The van der Waals surface area contributed by atoms with Crippen LogP contribution in [0.1, 0.15) is 19.1 Å². The maximum atomic E-state index is 11.3. The number of amides is 1. The van der Waals surface area contributed by atoms with Crippen LogP contribution >= 0.6 is 0 Å². The number of aromatic nitrogens is 1. The molecule has 1 amide bonds. The summed E-state index contributed by atoms with van der Waals surface area (Å²) in [6, 6.07) is -0.478. The van der Waals surface area contributed by atoms with Crippen molar-refractivity contribution in [2.75, 3.05) is 5.32 Å². The Kier molecular flexibility index (Phi) is 3.02. The lowest BCUT2D eigenvalue weighted by molar-refractivity contribution is -0.117. The molecule has 1 aromatic heterocycles. The van der Waals surface area contributed by atoms with E-state index in [2.05, 4.69) is 10.5 Å². The van der Waals surface area contributed by atoms with Gasteiger partial charge >= 0.3 is 0 Å². The molecule has 5 nitrogen and oxygen atoms in total. The van der Waals surface area contributed by atoms with Crippen molar-refractivity contribution >= 4 is 11.6 Å². The number of nitrogens with one attached hydrogen (secondary N) is 1. The van der Waals surface area contributed by atoms with Crippen LogP contribution in [0.2, 0.25) is 0 Å². The maximum Gasteiger partial charge on any atom is 0.241 e. The Balaban J connectivity index is 2.60. The first-order valence-corrected chi connectivity index (χ1v) is 4.13. The first-order valence-electron chi connectivity index (χ1n) is 4.13. The summed E-state index contributed by atoms with van der Waals surface area (Å²) in [5.74, 6) is 0.366. The molecule has 0 saturated heterocycles. The van der Waals surface area contributed by atoms with E-state index < -0.39 is 6.04 Å². The van der Waals surface area contributed by atoms with Crippen LogP contribution in [0.25, 0.3) is 0 Å². The van der Waals surface area contributed by atoms with Crippen LogP contribution in [-0.4, -0.2) is 17.1 Å². The first-order chi connectivity index (χ1) is 6.15. The highest BCUT2D eigenvalue weighted by atomic mass is 16.5. The Morgan fingerprint density at radius 2 is 2.54 bits per heavy atom. The summed E-state index contributed by atoms with van der Waals surface area (Å²) >= 11 is 0. The number of nitrogens with two attached hydrogens (primary N) is 1. The van der Waals surface area contributed by atoms with Crippen LogP contribution in [0.15, 0.2) is 10.7 Å². The van der Waals surface area contributed by atoms with Gasteiger partial charge in [0, 0.05) is 0 Å². The number of aryl methyl sites for hydroxylation is 1. The van der Waals surface area contributed by atoms with Crippen molar-refractivity contribution in [1.29, 1.82) is 0 Å². The fraction of sp³-hybridized carbons (Fsp3) is 0.500. The summed E-state index contributed by atoms with van der Waals surface area (Å²) in [5.41, 5.74) is 6.10. The fourth-order valence-electron chi connectivity index (χ4n) is 0.829. The number of hydrogen-bond acceptors (Lipinski definition) is 4. The zero-order valence-electron chi connectivity index (χ0n) is 7.70. The first kappa shape index (κ1) is 9.73. The normalized spacial score (nSPS) is 12.5. The second kappa shape index (κ2) is 4.04. The van der Waals surface area contributed by atoms with Crippen LogP contribution in [0.5, 0.6) is 0 Å². The minimum absolute atomic E-state index is 0.214. The van der Waals surface area contributed by atoms with Crippen molar-refractivity contribution in [3.8, 4) is 0 Å². The van der Waals surface area contributed by atoms with Gasteiger partial charge in [0.05, 0.1) is 12.2 Å². The number of hydrogen-bond donors (Lipinski definition) is 2. The van der Waals surface area contributed by atoms with Crippen molar-refractivity contribution in [1.82, 2.24) is 5.16 Å². The average Bonchev–Trinajstić information content (AvgIpc) is 2.50. The number of carbonyl (C=O) groups is 1. The molecule has 13 heavy (non-hydrogen) atoms. The van der Waals surface area contributed by atoms with Gasteiger partial charge in [-0.3, -0.25) is 4.79 Å². The quantitative estimate of drug-likeness (QED) is 0.721. The van der Waals surface area contributed by atoms with Crippen LogP contribution in [0, 0.1) is 6.92 Å². The average molecular weight is 183 g/mol. The van der Waals surface area contributed by atoms with E-state index in [9.17, 15) is 4.79 Å². The van der Waals surface area contributed by atoms with Gasteiger partial charge in [-0.05, 0) is 13.3 Å². The zero-order valence-corrected chi connectivity index (χ0v) is 7.70. The molecule has 72 valence electrons. The topological polar surface area (TPSA) is 81.2 Å². The highest BCUT2D eigenvalue weighted by Crippen LogP contribution is 2.12. The number of anilines is 1. The van der Waals surface area contributed by atoms with Gasteiger partial charge in [-0.2, -0.15) is 0 Å². The van der Waals surface area contributed by atoms with Crippen LogP contribution < -0.4 is 11.1 Å². The molecule has 1 heterocycles. The molecule has 0 fully saturated rings. The van der Waals surface area contributed by atoms with Gasteiger partial charge in [0.1, 0.15) is 5.69 Å². The van der Waals surface area contributed by atoms with Crippen LogP contribution in [-0.2, 0) is 4.79 Å². The molecule has 0 aliphatic rings. The Morgan fingerprint density at radius 3 is 3.00 bits per heavy atom. The smallest absolute Gasteiger partial charge is 0.241 e. The lowest BCUT2D eigenvalue weighted by Gasteiger charge is -2.07. The van der Waals surface area contributed by atoms with E-state index in [1.165, 1.54) is 6.20 Å². The molecule has 5 heteroatoms. The lowest BCUT2D eigenvalue weighted by atomic mass is 10.2. The lowest BCUT2D eigenvalue weighted by Crippen LogP contribution is -2.34. The minimum atomic E-state index is -0.478. The molecule has 0 aromatic carbocycles. The second-order valence-corrected chi connectivity index (χ2v) is 2.80. The van der Waals surface area contributed by atoms with Crippen LogP contribution in [0.4, 0.5) is 5.69 Å². The van der Waals surface area contributed by atoms with E-state index in [0.29, 0.717) is 17.9 Å². The molecule has 0 radical (unpaired) electrons. The zero-order chi connectivity index (χ0) is 9.84. The summed E-state index contributed by atoms with van der Waals surface area (Å²) < 4.78 is 4.77. The molecule has 0 aliphatic carbocycles. The molecule has 0 aliphatic heterocycles. The summed E-state index contributed by atoms with van der Waals surface area (Å²) in [7, 11) is 0. The SMILES string of the molecule is CC[C@@H](N)C(=O)Nc1cnoc1C. The predicted molar refractivity (Wildman–Crippen MR) is 48.1 cm³/mol. The van der Waals surface area contributed by atoms with Gasteiger partial charge in [-0.1, -0.05) is 12.1 Å². The maximum absolute atomic E-state index is 11.3. The largest absolute Gasteiger partial charge is 0.359 e. The van der Waals surface area contributed by atoms with E-state index >= 15 is 0 Å². The standard InChI is InChI=1S/C8H13N3O2/c1-3-6(9)8(12)11-7-4-10-13-5(7)2/h4,6H,3,9H2,1-2H3,(H,11,12)/t6-/m1/s1. The van der Waals surface area contributed by atoms with Gasteiger partial charge < -0.3 is 15.6 Å². The Hall–Kier alpha value is -1.36. The third kappa shape index (κ3) is 2.29. The summed E-state index contributed by atoms with van der Waals surface area (Å²) in [5, 5.41) is 6.15. The Morgan fingerprint density at radius 1 is 1.85 bits per heavy atom. The molecule has 0 unspecified atom stereocenters. The van der Waals surface area contributed by atoms with Crippen molar-refractivity contribution in [2.24, 2.45) is 5.73 Å². The van der Waals surface area contributed by atoms with Crippen molar-refractivity contribution in [3.05, 3.63) is 12.0 Å².